The highest BCUT2D eigenvalue weighted by Gasteiger charge is 2.20. The number of nitrogens with one attached hydrogen (secondary N) is 3. The van der Waals surface area contributed by atoms with Crippen molar-refractivity contribution in [1.82, 2.24) is 10.0 Å². The summed E-state index contributed by atoms with van der Waals surface area (Å²) in [6.45, 7) is 2.25. The molecule has 0 fully saturated rings. The number of sulfonamides is 1. The molecule has 3 amide bonds. The number of amides is 3. The fourth-order valence-electron chi connectivity index (χ4n) is 2.10. The summed E-state index contributed by atoms with van der Waals surface area (Å²) in [5.41, 5.74) is 10.7. The van der Waals surface area contributed by atoms with E-state index in [1.54, 1.807) is 6.07 Å². The highest BCUT2D eigenvalue weighted by atomic mass is 35.5. The average molecular weight is 408 g/mol. The Morgan fingerprint density at radius 2 is 1.96 bits per heavy atom. The molecule has 0 aromatic heterocycles. The molecule has 0 bridgehead atoms. The molecule has 1 aromatic rings. The van der Waals surface area contributed by atoms with Crippen molar-refractivity contribution in [3.05, 3.63) is 24.3 Å². The molecule has 0 aliphatic rings. The molecule has 0 spiro atoms. The average Bonchev–Trinajstić information content (AvgIpc) is 2.56. The largest absolute Gasteiger partial charge is 0.352 e. The molecule has 0 aliphatic heterocycles. The third-order valence-corrected chi connectivity index (χ3v) is 4.79. The zero-order valence-corrected chi connectivity index (χ0v) is 16.2. The smallest absolute Gasteiger partial charge is 0.312 e. The first-order valence-corrected chi connectivity index (χ1v) is 9.45. The summed E-state index contributed by atoms with van der Waals surface area (Å²) in [7, 11) is -3.71. The number of nitrogens with two attached hydrogens (primary N) is 2. The number of anilines is 1. The molecule has 0 radical (unpaired) electrons. The Bertz CT molecular complexity index is 699. The molecule has 1 unspecified atom stereocenters. The van der Waals surface area contributed by atoms with Crippen LogP contribution in [0.1, 0.15) is 26.2 Å². The Labute approximate surface area is 159 Å². The monoisotopic (exact) mass is 407 g/mol. The number of hydrogen-bond acceptors (Lipinski definition) is 5. The van der Waals surface area contributed by atoms with Crippen LogP contribution in [-0.4, -0.2) is 39.5 Å². The molecule has 1 atom stereocenters. The maximum Gasteiger partial charge on any atom is 0.312 e. The molecule has 11 heteroatoms. The van der Waals surface area contributed by atoms with E-state index in [9.17, 15) is 18.0 Å². The van der Waals surface area contributed by atoms with Gasteiger partial charge in [-0.2, -0.15) is 0 Å². The van der Waals surface area contributed by atoms with Crippen molar-refractivity contribution in [3.8, 4) is 0 Å². The minimum atomic E-state index is -3.71. The standard InChI is InChI=1S/C15H25N5O4S.ClH/c1-2-3-7-13(20-15(17)22)14(21)19-11-5-4-6-12(10-11)25(23,24)18-9-8-16;/h4-6,10,13,18H,2-3,7-9,16H2,1H3,(H,19,21)(H3,17,20,22);1H. The maximum atomic E-state index is 12.3. The molecule has 0 aliphatic carbocycles. The van der Waals surface area contributed by atoms with E-state index in [0.29, 0.717) is 12.1 Å². The van der Waals surface area contributed by atoms with Gasteiger partial charge in [-0.05, 0) is 24.6 Å². The summed E-state index contributed by atoms with van der Waals surface area (Å²) < 4.78 is 26.5. The normalized spacial score (nSPS) is 11.9. The topological polar surface area (TPSA) is 156 Å². The van der Waals surface area contributed by atoms with Crippen LogP contribution in [-0.2, 0) is 14.8 Å². The van der Waals surface area contributed by atoms with Crippen molar-refractivity contribution in [2.24, 2.45) is 11.5 Å². The van der Waals surface area contributed by atoms with Gasteiger partial charge in [0.1, 0.15) is 6.04 Å². The minimum absolute atomic E-state index is 0. The summed E-state index contributed by atoms with van der Waals surface area (Å²) in [4.78, 5) is 23.4. The molecule has 26 heavy (non-hydrogen) atoms. The molecule has 1 rings (SSSR count). The lowest BCUT2D eigenvalue weighted by Gasteiger charge is -2.17. The van der Waals surface area contributed by atoms with Crippen LogP contribution < -0.4 is 26.8 Å². The van der Waals surface area contributed by atoms with Gasteiger partial charge in [0.2, 0.25) is 15.9 Å². The van der Waals surface area contributed by atoms with E-state index in [-0.39, 0.29) is 30.4 Å². The molecule has 0 saturated carbocycles. The Balaban J connectivity index is 0.00000625. The van der Waals surface area contributed by atoms with E-state index in [1.807, 2.05) is 6.92 Å². The van der Waals surface area contributed by atoms with Crippen molar-refractivity contribution in [2.75, 3.05) is 18.4 Å². The summed E-state index contributed by atoms with van der Waals surface area (Å²) >= 11 is 0. The van der Waals surface area contributed by atoms with E-state index in [2.05, 4.69) is 15.4 Å². The second-order valence-corrected chi connectivity index (χ2v) is 7.17. The van der Waals surface area contributed by atoms with Crippen LogP contribution in [0, 0.1) is 0 Å². The summed E-state index contributed by atoms with van der Waals surface area (Å²) in [5.74, 6) is -0.461. The van der Waals surface area contributed by atoms with Crippen LogP contribution in [0.4, 0.5) is 10.5 Å². The molecule has 148 valence electrons. The lowest BCUT2D eigenvalue weighted by atomic mass is 10.1. The van der Waals surface area contributed by atoms with Crippen molar-refractivity contribution < 1.29 is 18.0 Å². The first-order valence-electron chi connectivity index (χ1n) is 7.96. The number of benzene rings is 1. The Morgan fingerprint density at radius 1 is 1.27 bits per heavy atom. The molecule has 7 N–H and O–H groups in total. The number of primary amides is 1. The maximum absolute atomic E-state index is 12.3. The Morgan fingerprint density at radius 3 is 2.54 bits per heavy atom. The SMILES string of the molecule is CCCCC(NC(N)=O)C(=O)Nc1cccc(S(=O)(=O)NCCN)c1.Cl. The van der Waals surface area contributed by atoms with Crippen LogP contribution in [0.25, 0.3) is 0 Å². The number of carbonyl (C=O) groups is 2. The fraction of sp³-hybridized carbons (Fsp3) is 0.467. The number of rotatable bonds is 10. The van der Waals surface area contributed by atoms with Crippen LogP contribution in [0.3, 0.4) is 0 Å². The first kappa shape index (κ1) is 24.1. The highest BCUT2D eigenvalue weighted by Crippen LogP contribution is 2.16. The Kier molecular flexibility index (Phi) is 10.8. The van der Waals surface area contributed by atoms with E-state index in [4.69, 9.17) is 11.5 Å². The van der Waals surface area contributed by atoms with Gasteiger partial charge in [-0.25, -0.2) is 17.9 Å². The third kappa shape index (κ3) is 8.00. The molecule has 0 saturated heterocycles. The van der Waals surface area contributed by atoms with Crippen LogP contribution in [0.5, 0.6) is 0 Å². The number of halogens is 1. The van der Waals surface area contributed by atoms with Gasteiger partial charge < -0.3 is 22.1 Å². The lowest BCUT2D eigenvalue weighted by Crippen LogP contribution is -2.46. The van der Waals surface area contributed by atoms with E-state index in [1.165, 1.54) is 18.2 Å². The van der Waals surface area contributed by atoms with Gasteiger partial charge in [0.05, 0.1) is 4.90 Å². The van der Waals surface area contributed by atoms with Gasteiger partial charge in [-0.15, -0.1) is 12.4 Å². The van der Waals surface area contributed by atoms with E-state index >= 15 is 0 Å². The summed E-state index contributed by atoms with van der Waals surface area (Å²) in [5, 5.41) is 4.99. The van der Waals surface area contributed by atoms with Crippen LogP contribution in [0.15, 0.2) is 29.2 Å². The number of urea groups is 1. The summed E-state index contributed by atoms with van der Waals surface area (Å²) in [6, 6.07) is 4.23. The third-order valence-electron chi connectivity index (χ3n) is 3.33. The number of hydrogen-bond donors (Lipinski definition) is 5. The van der Waals surface area contributed by atoms with Gasteiger partial charge >= 0.3 is 6.03 Å². The van der Waals surface area contributed by atoms with Gasteiger partial charge in [0, 0.05) is 18.8 Å². The van der Waals surface area contributed by atoms with Crippen LogP contribution >= 0.6 is 12.4 Å². The molecule has 9 nitrogen and oxygen atoms in total. The molecule has 0 heterocycles. The zero-order chi connectivity index (χ0) is 18.9. The van der Waals surface area contributed by atoms with Crippen molar-refractivity contribution in [1.29, 1.82) is 0 Å². The van der Waals surface area contributed by atoms with Gasteiger partial charge in [-0.3, -0.25) is 4.79 Å². The van der Waals surface area contributed by atoms with Crippen molar-refractivity contribution in [3.63, 3.8) is 0 Å². The molecule has 1 aromatic carbocycles. The van der Waals surface area contributed by atoms with Gasteiger partial charge in [0.25, 0.3) is 0 Å². The van der Waals surface area contributed by atoms with Crippen molar-refractivity contribution in [2.45, 2.75) is 37.1 Å². The minimum Gasteiger partial charge on any atom is -0.352 e. The first-order chi connectivity index (χ1) is 11.8. The Hall–Kier alpha value is -1.88. The second-order valence-electron chi connectivity index (χ2n) is 5.41. The molecular formula is C15H26ClN5O4S. The number of unbranched alkanes of at least 4 members (excludes halogenated alkanes) is 1. The van der Waals surface area contributed by atoms with Gasteiger partial charge in [-0.1, -0.05) is 25.8 Å². The second kappa shape index (κ2) is 11.7. The van der Waals surface area contributed by atoms with E-state index < -0.39 is 28.0 Å². The van der Waals surface area contributed by atoms with Gasteiger partial charge in [0.15, 0.2) is 0 Å². The quantitative estimate of drug-likeness (QED) is 0.382. The fourth-order valence-corrected chi connectivity index (χ4v) is 3.19. The number of carbonyl (C=O) groups excluding carboxylic acids is 2. The lowest BCUT2D eigenvalue weighted by molar-refractivity contribution is -0.118. The summed E-state index contributed by atoms with van der Waals surface area (Å²) in [6.07, 6.45) is 2.02. The van der Waals surface area contributed by atoms with E-state index in [0.717, 1.165) is 12.8 Å². The zero-order valence-electron chi connectivity index (χ0n) is 14.5. The highest BCUT2D eigenvalue weighted by molar-refractivity contribution is 7.89. The predicted molar refractivity (Wildman–Crippen MR) is 103 cm³/mol. The predicted octanol–water partition coefficient (Wildman–Crippen LogP) is 0.511. The van der Waals surface area contributed by atoms with Crippen molar-refractivity contribution >= 4 is 40.1 Å². The van der Waals surface area contributed by atoms with Crippen LogP contribution in [0.2, 0.25) is 0 Å². The molecular weight excluding hydrogens is 382 g/mol.